The molecule has 0 aliphatic rings. The van der Waals surface area contributed by atoms with E-state index in [1.807, 2.05) is 0 Å². The highest BCUT2D eigenvalue weighted by Crippen LogP contribution is 1.81. The van der Waals surface area contributed by atoms with Gasteiger partial charge in [-0.2, -0.15) is 0 Å². The molecule has 0 saturated carbocycles. The summed E-state index contributed by atoms with van der Waals surface area (Å²) in [6.07, 6.45) is -1.21. The topological polar surface area (TPSA) is 71.1 Å². The van der Waals surface area contributed by atoms with E-state index in [1.54, 1.807) is 20.8 Å². The molecule has 0 saturated heterocycles. The molecular formula is C9H18O6. The van der Waals surface area contributed by atoms with Crippen LogP contribution in [0.5, 0.6) is 0 Å². The summed E-state index contributed by atoms with van der Waals surface area (Å²) in [6, 6.07) is 0. The van der Waals surface area contributed by atoms with Crippen molar-refractivity contribution in [2.45, 2.75) is 20.8 Å². The van der Waals surface area contributed by atoms with Crippen LogP contribution in [-0.2, 0) is 18.9 Å². The monoisotopic (exact) mass is 222 g/mol. The summed E-state index contributed by atoms with van der Waals surface area (Å²) in [5.74, 6) is 0. The molecular weight excluding hydrogens is 204 g/mol. The molecule has 0 atom stereocenters. The van der Waals surface area contributed by atoms with Crippen LogP contribution < -0.4 is 0 Å². The molecule has 6 heteroatoms. The minimum absolute atomic E-state index is 0.368. The highest BCUT2D eigenvalue weighted by Gasteiger charge is 1.96. The first-order valence-electron chi connectivity index (χ1n) is 4.62. The Labute approximate surface area is 89.4 Å². The predicted octanol–water partition coefficient (Wildman–Crippen LogP) is 1.97. The first-order chi connectivity index (χ1) is 7.12. The maximum absolute atomic E-state index is 10.2. The zero-order valence-corrected chi connectivity index (χ0v) is 9.57. The molecule has 0 heterocycles. The number of ether oxygens (including phenoxy) is 4. The van der Waals surface area contributed by atoms with Crippen molar-refractivity contribution in [3.8, 4) is 0 Å². The maximum atomic E-state index is 10.2. The first kappa shape index (κ1) is 16.0. The van der Waals surface area contributed by atoms with Gasteiger partial charge >= 0.3 is 12.3 Å². The number of rotatable bonds is 3. The third kappa shape index (κ3) is 15.3. The molecule has 0 N–H and O–H groups in total. The van der Waals surface area contributed by atoms with E-state index in [-0.39, 0.29) is 0 Å². The quantitative estimate of drug-likeness (QED) is 0.680. The highest BCUT2D eigenvalue weighted by atomic mass is 16.7. The Morgan fingerprint density at radius 2 is 1.13 bits per heavy atom. The molecule has 0 aliphatic carbocycles. The van der Waals surface area contributed by atoms with Crippen molar-refractivity contribution < 1.29 is 28.5 Å². The van der Waals surface area contributed by atoms with Crippen molar-refractivity contribution in [2.75, 3.05) is 26.9 Å². The van der Waals surface area contributed by atoms with Gasteiger partial charge in [0.2, 0.25) is 0 Å². The predicted molar refractivity (Wildman–Crippen MR) is 52.7 cm³/mol. The highest BCUT2D eigenvalue weighted by molar-refractivity contribution is 5.59. The van der Waals surface area contributed by atoms with Crippen LogP contribution in [0.4, 0.5) is 9.59 Å². The lowest BCUT2D eigenvalue weighted by Crippen LogP contribution is -2.05. The average Bonchev–Trinajstić information content (AvgIpc) is 2.20. The van der Waals surface area contributed by atoms with E-state index in [4.69, 9.17) is 0 Å². The molecule has 0 radical (unpaired) electrons. The third-order valence-electron chi connectivity index (χ3n) is 0.953. The molecule has 0 aromatic rings. The van der Waals surface area contributed by atoms with Crippen LogP contribution >= 0.6 is 0 Å². The van der Waals surface area contributed by atoms with Crippen LogP contribution in [0.3, 0.4) is 0 Å². The van der Waals surface area contributed by atoms with Gasteiger partial charge in [0.25, 0.3) is 0 Å². The SMILES string of the molecule is CCOC(=O)OC.CCOC(=O)OCC. The Bertz CT molecular complexity index is 160. The van der Waals surface area contributed by atoms with Gasteiger partial charge in [-0.15, -0.1) is 0 Å². The normalized spacial score (nSPS) is 8.00. The number of hydrogen-bond donors (Lipinski definition) is 0. The number of methoxy groups -OCH3 is 1. The van der Waals surface area contributed by atoms with Gasteiger partial charge in [-0.05, 0) is 20.8 Å². The largest absolute Gasteiger partial charge is 0.508 e. The van der Waals surface area contributed by atoms with E-state index >= 15 is 0 Å². The summed E-state index contributed by atoms with van der Waals surface area (Å²) in [5.41, 5.74) is 0. The van der Waals surface area contributed by atoms with Crippen LogP contribution in [0, 0.1) is 0 Å². The van der Waals surface area contributed by atoms with Crippen molar-refractivity contribution in [3.05, 3.63) is 0 Å². The van der Waals surface area contributed by atoms with Gasteiger partial charge in [0.05, 0.1) is 26.9 Å². The Hall–Kier alpha value is -1.46. The summed E-state index contributed by atoms with van der Waals surface area (Å²) in [6.45, 7) is 6.30. The Kier molecular flexibility index (Phi) is 13.4. The first-order valence-corrected chi connectivity index (χ1v) is 4.62. The van der Waals surface area contributed by atoms with Crippen LogP contribution in [0.25, 0.3) is 0 Å². The molecule has 0 aromatic carbocycles. The lowest BCUT2D eigenvalue weighted by molar-refractivity contribution is 0.0630. The molecule has 0 aliphatic heterocycles. The molecule has 90 valence electrons. The second-order valence-electron chi connectivity index (χ2n) is 2.00. The van der Waals surface area contributed by atoms with E-state index in [2.05, 4.69) is 18.9 Å². The van der Waals surface area contributed by atoms with Crippen molar-refractivity contribution >= 4 is 12.3 Å². The van der Waals surface area contributed by atoms with Crippen molar-refractivity contribution in [3.63, 3.8) is 0 Å². The van der Waals surface area contributed by atoms with Gasteiger partial charge in [-0.25, -0.2) is 9.59 Å². The van der Waals surface area contributed by atoms with Gasteiger partial charge in [-0.3, -0.25) is 0 Å². The zero-order chi connectivity index (χ0) is 12.1. The molecule has 0 spiro atoms. The van der Waals surface area contributed by atoms with Gasteiger partial charge in [-0.1, -0.05) is 0 Å². The molecule has 0 fully saturated rings. The maximum Gasteiger partial charge on any atom is 0.508 e. The Morgan fingerprint density at radius 3 is 1.33 bits per heavy atom. The molecule has 0 unspecified atom stereocenters. The summed E-state index contributed by atoms with van der Waals surface area (Å²) in [7, 11) is 1.28. The fourth-order valence-corrected chi connectivity index (χ4v) is 0.454. The van der Waals surface area contributed by atoms with E-state index in [1.165, 1.54) is 7.11 Å². The fraction of sp³-hybridized carbons (Fsp3) is 0.778. The number of carbonyl (C=O) groups excluding carboxylic acids is 2. The summed E-state index contributed by atoms with van der Waals surface area (Å²) >= 11 is 0. The number of carbonyl (C=O) groups is 2. The second-order valence-corrected chi connectivity index (χ2v) is 2.00. The Balaban J connectivity index is 0. The standard InChI is InChI=1S/C5H10O3.C4H8O3/c1-3-7-5(6)8-4-2;1-3-7-4(5)6-2/h3-4H2,1-2H3;3H2,1-2H3. The van der Waals surface area contributed by atoms with Crippen LogP contribution in [0.2, 0.25) is 0 Å². The smallest absolute Gasteiger partial charge is 0.438 e. The van der Waals surface area contributed by atoms with E-state index in [0.29, 0.717) is 19.8 Å². The third-order valence-corrected chi connectivity index (χ3v) is 0.953. The van der Waals surface area contributed by atoms with Gasteiger partial charge in [0.15, 0.2) is 0 Å². The van der Waals surface area contributed by atoms with Crippen molar-refractivity contribution in [2.24, 2.45) is 0 Å². The second kappa shape index (κ2) is 12.5. The molecule has 0 bridgehead atoms. The average molecular weight is 222 g/mol. The Morgan fingerprint density at radius 1 is 0.800 bits per heavy atom. The number of hydrogen-bond acceptors (Lipinski definition) is 6. The lowest BCUT2D eigenvalue weighted by Gasteiger charge is -1.98. The molecule has 15 heavy (non-hydrogen) atoms. The molecule has 0 rings (SSSR count). The van der Waals surface area contributed by atoms with Crippen molar-refractivity contribution in [1.29, 1.82) is 0 Å². The van der Waals surface area contributed by atoms with Crippen LogP contribution in [0.15, 0.2) is 0 Å². The summed E-state index contributed by atoms with van der Waals surface area (Å²) < 4.78 is 17.3. The molecule has 0 aromatic heterocycles. The van der Waals surface area contributed by atoms with Crippen LogP contribution in [-0.4, -0.2) is 39.2 Å². The lowest BCUT2D eigenvalue weighted by atomic mass is 10.8. The van der Waals surface area contributed by atoms with E-state index < -0.39 is 12.3 Å². The van der Waals surface area contributed by atoms with E-state index in [9.17, 15) is 9.59 Å². The van der Waals surface area contributed by atoms with E-state index in [0.717, 1.165) is 0 Å². The molecule has 6 nitrogen and oxygen atoms in total. The fourth-order valence-electron chi connectivity index (χ4n) is 0.454. The molecule has 0 amide bonds. The zero-order valence-electron chi connectivity index (χ0n) is 9.57. The van der Waals surface area contributed by atoms with Gasteiger partial charge < -0.3 is 18.9 Å². The van der Waals surface area contributed by atoms with Gasteiger partial charge in [0, 0.05) is 0 Å². The van der Waals surface area contributed by atoms with Gasteiger partial charge in [0.1, 0.15) is 0 Å². The van der Waals surface area contributed by atoms with Crippen LogP contribution in [0.1, 0.15) is 20.8 Å². The van der Waals surface area contributed by atoms with Crippen molar-refractivity contribution in [1.82, 2.24) is 0 Å². The minimum atomic E-state index is -0.623. The minimum Gasteiger partial charge on any atom is -0.438 e. The summed E-state index contributed by atoms with van der Waals surface area (Å²) in [5, 5.41) is 0. The summed E-state index contributed by atoms with van der Waals surface area (Å²) in [4.78, 5) is 20.2.